The average Bonchev–Trinajstić information content (AvgIpc) is 2.16. The number of aryl methyl sites for hydroxylation is 1. The Hall–Kier alpha value is -0.890. The van der Waals surface area contributed by atoms with Crippen LogP contribution in [-0.4, -0.2) is 4.99 Å². The molecule has 0 fully saturated rings. The molecule has 0 saturated carbocycles. The lowest BCUT2D eigenvalue weighted by Crippen LogP contribution is -2.10. The van der Waals surface area contributed by atoms with E-state index in [1.807, 2.05) is 0 Å². The molecule has 88 valence electrons. The lowest BCUT2D eigenvalue weighted by atomic mass is 9.86. The monoisotopic (exact) mass is 235 g/mol. The minimum absolute atomic E-state index is 0.233. The van der Waals surface area contributed by atoms with Crippen LogP contribution in [0.4, 0.5) is 0 Å². The van der Waals surface area contributed by atoms with Crippen molar-refractivity contribution in [1.29, 1.82) is 0 Å². The van der Waals surface area contributed by atoms with E-state index in [2.05, 4.69) is 45.0 Å². The van der Waals surface area contributed by atoms with Gasteiger partial charge >= 0.3 is 0 Å². The summed E-state index contributed by atoms with van der Waals surface area (Å²) >= 11 is 4.86. The Kier molecular flexibility index (Phi) is 4.48. The maximum atomic E-state index is 5.47. The van der Waals surface area contributed by atoms with E-state index in [1.54, 1.807) is 0 Å². The first-order valence-electron chi connectivity index (χ1n) is 5.77. The number of hydrogen-bond acceptors (Lipinski definition) is 1. The molecule has 0 heterocycles. The molecule has 0 radical (unpaired) electrons. The summed E-state index contributed by atoms with van der Waals surface area (Å²) in [5.74, 6) is 0. The van der Waals surface area contributed by atoms with Crippen molar-refractivity contribution in [3.05, 3.63) is 35.4 Å². The normalized spacial score (nSPS) is 11.4. The van der Waals surface area contributed by atoms with Crippen LogP contribution in [0.25, 0.3) is 0 Å². The molecule has 1 aromatic rings. The van der Waals surface area contributed by atoms with Crippen LogP contribution in [-0.2, 0) is 11.8 Å². The molecule has 0 aromatic heterocycles. The molecule has 2 heteroatoms. The van der Waals surface area contributed by atoms with Crippen molar-refractivity contribution in [2.75, 3.05) is 0 Å². The minimum Gasteiger partial charge on any atom is -0.393 e. The fourth-order valence-corrected chi connectivity index (χ4v) is 1.78. The third-order valence-corrected chi connectivity index (χ3v) is 2.91. The van der Waals surface area contributed by atoms with Crippen molar-refractivity contribution in [3.63, 3.8) is 0 Å². The lowest BCUT2D eigenvalue weighted by Gasteiger charge is -2.19. The summed E-state index contributed by atoms with van der Waals surface area (Å²) in [6, 6.07) is 8.85. The first kappa shape index (κ1) is 13.2. The van der Waals surface area contributed by atoms with Crippen LogP contribution in [0.15, 0.2) is 24.3 Å². The minimum atomic E-state index is 0.233. The van der Waals surface area contributed by atoms with Gasteiger partial charge in [-0.1, -0.05) is 57.3 Å². The predicted octanol–water partition coefficient (Wildman–Crippen LogP) is 3.59. The zero-order chi connectivity index (χ0) is 12.2. The van der Waals surface area contributed by atoms with Crippen molar-refractivity contribution < 1.29 is 0 Å². The highest BCUT2D eigenvalue weighted by Crippen LogP contribution is 2.22. The third-order valence-electron chi connectivity index (χ3n) is 2.71. The molecule has 1 nitrogen and oxygen atoms in total. The zero-order valence-corrected chi connectivity index (χ0v) is 11.2. The Bertz CT molecular complexity index is 346. The van der Waals surface area contributed by atoms with Crippen LogP contribution in [0.3, 0.4) is 0 Å². The van der Waals surface area contributed by atoms with Gasteiger partial charge in [-0.3, -0.25) is 0 Å². The van der Waals surface area contributed by atoms with Crippen molar-refractivity contribution in [2.24, 2.45) is 5.73 Å². The Balaban J connectivity index is 2.55. The molecule has 0 saturated heterocycles. The number of thiocarbonyl (C=S) groups is 1. The Morgan fingerprint density at radius 1 is 1.19 bits per heavy atom. The molecule has 16 heavy (non-hydrogen) atoms. The zero-order valence-electron chi connectivity index (χ0n) is 10.4. The van der Waals surface area contributed by atoms with Gasteiger partial charge < -0.3 is 5.73 Å². The van der Waals surface area contributed by atoms with Crippen LogP contribution in [0.2, 0.25) is 0 Å². The van der Waals surface area contributed by atoms with E-state index in [-0.39, 0.29) is 5.41 Å². The summed E-state index contributed by atoms with van der Waals surface area (Å²) in [6.45, 7) is 6.69. The Labute approximate surface area is 104 Å². The van der Waals surface area contributed by atoms with Crippen LogP contribution < -0.4 is 5.73 Å². The fraction of sp³-hybridized carbons (Fsp3) is 0.500. The molecule has 0 atom stereocenters. The highest BCUT2D eigenvalue weighted by atomic mass is 32.1. The van der Waals surface area contributed by atoms with Crippen LogP contribution in [0, 0.1) is 0 Å². The summed E-state index contributed by atoms with van der Waals surface area (Å²) in [4.78, 5) is 0.617. The molecule has 0 aliphatic rings. The Morgan fingerprint density at radius 2 is 1.75 bits per heavy atom. The molecule has 0 aliphatic carbocycles. The maximum Gasteiger partial charge on any atom is 0.0727 e. The predicted molar refractivity (Wildman–Crippen MR) is 74.9 cm³/mol. The van der Waals surface area contributed by atoms with E-state index in [9.17, 15) is 0 Å². The lowest BCUT2D eigenvalue weighted by molar-refractivity contribution is 0.590. The molecule has 1 rings (SSSR count). The number of rotatable bonds is 4. The van der Waals surface area contributed by atoms with Crippen LogP contribution in [0.5, 0.6) is 0 Å². The van der Waals surface area contributed by atoms with Gasteiger partial charge in [-0.15, -0.1) is 0 Å². The van der Waals surface area contributed by atoms with Gasteiger partial charge in [0, 0.05) is 0 Å². The van der Waals surface area contributed by atoms with Crippen molar-refractivity contribution >= 4 is 17.2 Å². The smallest absolute Gasteiger partial charge is 0.0727 e. The van der Waals surface area contributed by atoms with Gasteiger partial charge in [0.1, 0.15) is 0 Å². The molecule has 0 bridgehead atoms. The van der Waals surface area contributed by atoms with E-state index >= 15 is 0 Å². The fourth-order valence-electron chi connectivity index (χ4n) is 1.64. The van der Waals surface area contributed by atoms with E-state index in [0.717, 1.165) is 19.3 Å². The SMILES string of the molecule is CC(C)(C)c1ccc(CCCC(N)=S)cc1. The second-order valence-electron chi connectivity index (χ2n) is 5.27. The standard InChI is InChI=1S/C14H21NS/c1-14(2,3)12-9-7-11(8-10-12)5-4-6-13(15)16/h7-10H,4-6H2,1-3H3,(H2,15,16). The first-order valence-corrected chi connectivity index (χ1v) is 6.18. The molecule has 0 spiro atoms. The topological polar surface area (TPSA) is 26.0 Å². The van der Waals surface area contributed by atoms with Crippen molar-refractivity contribution in [3.8, 4) is 0 Å². The van der Waals surface area contributed by atoms with E-state index in [0.29, 0.717) is 4.99 Å². The van der Waals surface area contributed by atoms with Gasteiger partial charge in [0.05, 0.1) is 4.99 Å². The van der Waals surface area contributed by atoms with Gasteiger partial charge in [-0.25, -0.2) is 0 Å². The largest absolute Gasteiger partial charge is 0.393 e. The van der Waals surface area contributed by atoms with Gasteiger partial charge in [-0.2, -0.15) is 0 Å². The number of benzene rings is 1. The van der Waals surface area contributed by atoms with Crippen LogP contribution >= 0.6 is 12.2 Å². The van der Waals surface area contributed by atoms with Crippen molar-refractivity contribution in [1.82, 2.24) is 0 Å². The summed E-state index contributed by atoms with van der Waals surface area (Å²) in [5.41, 5.74) is 8.45. The second-order valence-corrected chi connectivity index (χ2v) is 5.79. The van der Waals surface area contributed by atoms with Gasteiger partial charge in [-0.05, 0) is 35.8 Å². The maximum absolute atomic E-state index is 5.47. The summed E-state index contributed by atoms with van der Waals surface area (Å²) < 4.78 is 0. The Morgan fingerprint density at radius 3 is 2.19 bits per heavy atom. The van der Waals surface area contributed by atoms with E-state index in [1.165, 1.54) is 11.1 Å². The molecule has 0 amide bonds. The van der Waals surface area contributed by atoms with Crippen LogP contribution in [0.1, 0.15) is 44.7 Å². The van der Waals surface area contributed by atoms with Gasteiger partial charge in [0.25, 0.3) is 0 Å². The van der Waals surface area contributed by atoms with Gasteiger partial charge in [0.15, 0.2) is 0 Å². The molecular weight excluding hydrogens is 214 g/mol. The molecule has 0 unspecified atom stereocenters. The van der Waals surface area contributed by atoms with Gasteiger partial charge in [0.2, 0.25) is 0 Å². The van der Waals surface area contributed by atoms with E-state index in [4.69, 9.17) is 18.0 Å². The first-order chi connectivity index (χ1) is 7.39. The highest BCUT2D eigenvalue weighted by Gasteiger charge is 2.12. The summed E-state index contributed by atoms with van der Waals surface area (Å²) in [7, 11) is 0. The average molecular weight is 235 g/mol. The molecular formula is C14H21NS. The molecule has 2 N–H and O–H groups in total. The quantitative estimate of drug-likeness (QED) is 0.807. The number of nitrogens with two attached hydrogens (primary N) is 1. The third kappa shape index (κ3) is 4.31. The highest BCUT2D eigenvalue weighted by molar-refractivity contribution is 7.80. The summed E-state index contributed by atoms with van der Waals surface area (Å²) in [6.07, 6.45) is 2.95. The number of hydrogen-bond donors (Lipinski definition) is 1. The van der Waals surface area contributed by atoms with Crippen molar-refractivity contribution in [2.45, 2.75) is 45.4 Å². The molecule has 0 aliphatic heterocycles. The molecule has 1 aromatic carbocycles. The summed E-state index contributed by atoms with van der Waals surface area (Å²) in [5, 5.41) is 0. The second kappa shape index (κ2) is 5.44. The van der Waals surface area contributed by atoms with E-state index < -0.39 is 0 Å².